The summed E-state index contributed by atoms with van der Waals surface area (Å²) in [5.74, 6) is 0. The van der Waals surface area contributed by atoms with Gasteiger partial charge >= 0.3 is 0 Å². The van der Waals surface area contributed by atoms with E-state index in [9.17, 15) is 5.11 Å². The summed E-state index contributed by atoms with van der Waals surface area (Å²) in [6.07, 6.45) is 6.47. The zero-order valence-electron chi connectivity index (χ0n) is 11.3. The molecule has 16 heavy (non-hydrogen) atoms. The van der Waals surface area contributed by atoms with Gasteiger partial charge in [-0.3, -0.25) is 0 Å². The molecule has 3 nitrogen and oxygen atoms in total. The van der Waals surface area contributed by atoms with E-state index in [-0.39, 0.29) is 0 Å². The zero-order chi connectivity index (χ0) is 12.4. The quantitative estimate of drug-likeness (QED) is 0.564. The van der Waals surface area contributed by atoms with Gasteiger partial charge in [-0.05, 0) is 45.8 Å². The molecular formula is C13H30N2O. The molecule has 0 saturated carbocycles. The molecule has 0 aliphatic carbocycles. The van der Waals surface area contributed by atoms with E-state index in [1.807, 2.05) is 6.92 Å². The molecule has 0 amide bonds. The molecule has 98 valence electrons. The number of rotatable bonds is 10. The van der Waals surface area contributed by atoms with Gasteiger partial charge in [0.2, 0.25) is 0 Å². The van der Waals surface area contributed by atoms with Crippen molar-refractivity contribution < 1.29 is 5.11 Å². The smallest absolute Gasteiger partial charge is 0.0767 e. The standard InChI is InChI=1S/C13H30N2O/c1-4-6-7-10-15(3)11-8-9-13(16,5-2)12-14/h16H,4-12,14H2,1-3H3. The van der Waals surface area contributed by atoms with Gasteiger partial charge in [0.1, 0.15) is 0 Å². The highest BCUT2D eigenvalue weighted by Gasteiger charge is 2.21. The van der Waals surface area contributed by atoms with Crippen LogP contribution in [0.3, 0.4) is 0 Å². The van der Waals surface area contributed by atoms with Crippen LogP contribution in [-0.2, 0) is 0 Å². The molecule has 0 aromatic rings. The number of nitrogens with zero attached hydrogens (tertiary/aromatic N) is 1. The van der Waals surface area contributed by atoms with E-state index in [4.69, 9.17) is 5.73 Å². The van der Waals surface area contributed by atoms with E-state index < -0.39 is 5.60 Å². The maximum atomic E-state index is 10.0. The molecule has 0 rings (SSSR count). The molecule has 0 aliphatic heterocycles. The highest BCUT2D eigenvalue weighted by atomic mass is 16.3. The molecule has 1 unspecified atom stereocenters. The fourth-order valence-electron chi connectivity index (χ4n) is 1.84. The summed E-state index contributed by atoms with van der Waals surface area (Å²) in [5.41, 5.74) is 4.93. The topological polar surface area (TPSA) is 49.5 Å². The van der Waals surface area contributed by atoms with Gasteiger partial charge in [0.25, 0.3) is 0 Å². The average molecular weight is 230 g/mol. The van der Waals surface area contributed by atoms with E-state index in [1.54, 1.807) is 0 Å². The number of aliphatic hydroxyl groups is 1. The molecule has 1 atom stereocenters. The van der Waals surface area contributed by atoms with E-state index in [1.165, 1.54) is 25.8 Å². The van der Waals surface area contributed by atoms with E-state index >= 15 is 0 Å². The second-order valence-corrected chi connectivity index (χ2v) is 4.90. The van der Waals surface area contributed by atoms with Crippen molar-refractivity contribution in [2.75, 3.05) is 26.7 Å². The van der Waals surface area contributed by atoms with Crippen LogP contribution in [0.25, 0.3) is 0 Å². The lowest BCUT2D eigenvalue weighted by atomic mass is 9.95. The third-order valence-corrected chi connectivity index (χ3v) is 3.36. The van der Waals surface area contributed by atoms with Crippen LogP contribution in [0.1, 0.15) is 52.4 Å². The minimum absolute atomic E-state index is 0.378. The maximum absolute atomic E-state index is 10.0. The average Bonchev–Trinajstić information content (AvgIpc) is 2.29. The molecule has 0 aromatic heterocycles. The van der Waals surface area contributed by atoms with Gasteiger partial charge < -0.3 is 15.7 Å². The Balaban J connectivity index is 3.56. The van der Waals surface area contributed by atoms with Gasteiger partial charge in [0.15, 0.2) is 0 Å². The molecule has 0 aromatic carbocycles. The molecule has 0 radical (unpaired) electrons. The highest BCUT2D eigenvalue weighted by Crippen LogP contribution is 2.15. The zero-order valence-corrected chi connectivity index (χ0v) is 11.3. The lowest BCUT2D eigenvalue weighted by molar-refractivity contribution is 0.0322. The van der Waals surface area contributed by atoms with Crippen LogP contribution in [0.4, 0.5) is 0 Å². The predicted molar refractivity (Wildman–Crippen MR) is 70.6 cm³/mol. The number of hydrogen-bond acceptors (Lipinski definition) is 3. The summed E-state index contributed by atoms with van der Waals surface area (Å²) in [5, 5.41) is 10.0. The number of unbranched alkanes of at least 4 members (excludes halogenated alkanes) is 2. The summed E-state index contributed by atoms with van der Waals surface area (Å²) in [6.45, 7) is 6.83. The van der Waals surface area contributed by atoms with Crippen LogP contribution in [0.2, 0.25) is 0 Å². The van der Waals surface area contributed by atoms with Gasteiger partial charge in [-0.25, -0.2) is 0 Å². The first-order valence-corrected chi connectivity index (χ1v) is 6.69. The first-order valence-electron chi connectivity index (χ1n) is 6.69. The van der Waals surface area contributed by atoms with Crippen molar-refractivity contribution >= 4 is 0 Å². The molecule has 3 N–H and O–H groups in total. The molecule has 0 spiro atoms. The van der Waals surface area contributed by atoms with Crippen LogP contribution < -0.4 is 5.73 Å². The Kier molecular flexibility index (Phi) is 8.90. The Bertz CT molecular complexity index is 158. The minimum Gasteiger partial charge on any atom is -0.389 e. The minimum atomic E-state index is -0.635. The number of hydrogen-bond donors (Lipinski definition) is 2. The van der Waals surface area contributed by atoms with Gasteiger partial charge in [0, 0.05) is 6.54 Å². The summed E-state index contributed by atoms with van der Waals surface area (Å²) in [4.78, 5) is 2.35. The SMILES string of the molecule is CCCCCN(C)CCCC(O)(CC)CN. The van der Waals surface area contributed by atoms with Crippen LogP contribution >= 0.6 is 0 Å². The largest absolute Gasteiger partial charge is 0.389 e. The molecule has 3 heteroatoms. The van der Waals surface area contributed by atoms with E-state index in [0.29, 0.717) is 6.54 Å². The molecular weight excluding hydrogens is 200 g/mol. The Morgan fingerprint density at radius 3 is 2.25 bits per heavy atom. The Labute approximate surface area is 101 Å². The molecule has 0 fully saturated rings. The fraction of sp³-hybridized carbons (Fsp3) is 1.00. The van der Waals surface area contributed by atoms with Gasteiger partial charge in [0.05, 0.1) is 5.60 Å². The van der Waals surface area contributed by atoms with Gasteiger partial charge in [-0.1, -0.05) is 26.7 Å². The Morgan fingerprint density at radius 2 is 1.75 bits per heavy atom. The summed E-state index contributed by atoms with van der Waals surface area (Å²) in [7, 11) is 2.16. The lowest BCUT2D eigenvalue weighted by Gasteiger charge is -2.26. The van der Waals surface area contributed by atoms with Crippen LogP contribution in [-0.4, -0.2) is 42.3 Å². The van der Waals surface area contributed by atoms with E-state index in [2.05, 4.69) is 18.9 Å². The van der Waals surface area contributed by atoms with Crippen molar-refractivity contribution in [3.05, 3.63) is 0 Å². The monoisotopic (exact) mass is 230 g/mol. The van der Waals surface area contributed by atoms with Gasteiger partial charge in [-0.15, -0.1) is 0 Å². The first kappa shape index (κ1) is 15.9. The van der Waals surface area contributed by atoms with Crippen molar-refractivity contribution in [1.82, 2.24) is 4.90 Å². The summed E-state index contributed by atoms with van der Waals surface area (Å²) < 4.78 is 0. The first-order chi connectivity index (χ1) is 7.58. The normalized spacial score (nSPS) is 15.4. The maximum Gasteiger partial charge on any atom is 0.0767 e. The highest BCUT2D eigenvalue weighted by molar-refractivity contribution is 4.77. The van der Waals surface area contributed by atoms with Crippen molar-refractivity contribution in [1.29, 1.82) is 0 Å². The Hall–Kier alpha value is -0.120. The predicted octanol–water partition coefficient (Wildman–Crippen LogP) is 1.99. The fourth-order valence-corrected chi connectivity index (χ4v) is 1.84. The molecule has 0 saturated heterocycles. The summed E-state index contributed by atoms with van der Waals surface area (Å²) >= 11 is 0. The van der Waals surface area contributed by atoms with Crippen molar-refractivity contribution in [2.45, 2.75) is 58.0 Å². The van der Waals surface area contributed by atoms with Crippen molar-refractivity contribution in [2.24, 2.45) is 5.73 Å². The lowest BCUT2D eigenvalue weighted by Crippen LogP contribution is -2.37. The Morgan fingerprint density at radius 1 is 1.12 bits per heavy atom. The number of nitrogens with two attached hydrogens (primary N) is 1. The van der Waals surface area contributed by atoms with E-state index in [0.717, 1.165) is 25.8 Å². The van der Waals surface area contributed by atoms with Crippen molar-refractivity contribution in [3.8, 4) is 0 Å². The van der Waals surface area contributed by atoms with Crippen molar-refractivity contribution in [3.63, 3.8) is 0 Å². The van der Waals surface area contributed by atoms with Crippen LogP contribution in [0, 0.1) is 0 Å². The second kappa shape index (κ2) is 8.97. The molecule has 0 bridgehead atoms. The summed E-state index contributed by atoms with van der Waals surface area (Å²) in [6, 6.07) is 0. The third-order valence-electron chi connectivity index (χ3n) is 3.36. The second-order valence-electron chi connectivity index (χ2n) is 4.90. The third kappa shape index (κ3) is 7.20. The van der Waals surface area contributed by atoms with Crippen LogP contribution in [0.15, 0.2) is 0 Å². The molecule has 0 aliphatic rings. The molecule has 0 heterocycles. The van der Waals surface area contributed by atoms with Gasteiger partial charge in [-0.2, -0.15) is 0 Å². The van der Waals surface area contributed by atoms with Crippen LogP contribution in [0.5, 0.6) is 0 Å².